The van der Waals surface area contributed by atoms with Crippen molar-refractivity contribution in [3.8, 4) is 0 Å². The largest absolute Gasteiger partial charge is 0.466 e. The molecule has 0 amide bonds. The Morgan fingerprint density at radius 3 is 2.39 bits per heavy atom. The van der Waals surface area contributed by atoms with Gasteiger partial charge in [0.15, 0.2) is 0 Å². The maximum Gasteiger partial charge on any atom is 0.340 e. The van der Waals surface area contributed by atoms with Crippen LogP contribution in [0.4, 0.5) is 0 Å². The van der Waals surface area contributed by atoms with Crippen molar-refractivity contribution in [3.63, 3.8) is 0 Å². The molecule has 0 fully saturated rings. The third-order valence-electron chi connectivity index (χ3n) is 2.23. The van der Waals surface area contributed by atoms with Gasteiger partial charge in [-0.05, 0) is 12.1 Å². The molecule has 1 aromatic heterocycles. The molecule has 0 saturated carbocycles. The van der Waals surface area contributed by atoms with Gasteiger partial charge in [-0.2, -0.15) is 0 Å². The predicted molar refractivity (Wildman–Crippen MR) is 62.7 cm³/mol. The summed E-state index contributed by atoms with van der Waals surface area (Å²) in [6, 6.07) is 3.12. The van der Waals surface area contributed by atoms with E-state index in [1.165, 1.54) is 38.0 Å². The summed E-state index contributed by atoms with van der Waals surface area (Å²) in [5.74, 6) is -1.71. The molecular weight excluding hydrogens is 238 g/mol. The Hall–Kier alpha value is -2.37. The molecule has 18 heavy (non-hydrogen) atoms. The van der Waals surface area contributed by atoms with Crippen molar-refractivity contribution in [3.05, 3.63) is 30.1 Å². The molecule has 0 radical (unpaired) electrons. The first-order valence-corrected chi connectivity index (χ1v) is 5.08. The van der Waals surface area contributed by atoms with E-state index in [2.05, 4.69) is 9.47 Å². The second-order valence-electron chi connectivity index (χ2n) is 3.36. The quantitative estimate of drug-likeness (QED) is 0.588. The van der Waals surface area contributed by atoms with E-state index >= 15 is 0 Å². The van der Waals surface area contributed by atoms with Crippen molar-refractivity contribution in [2.24, 2.45) is 0 Å². The third-order valence-corrected chi connectivity index (χ3v) is 2.23. The van der Waals surface area contributed by atoms with Gasteiger partial charge in [0.05, 0.1) is 25.5 Å². The Kier molecular flexibility index (Phi) is 4.42. The van der Waals surface area contributed by atoms with E-state index in [4.69, 9.17) is 0 Å². The van der Waals surface area contributed by atoms with Crippen LogP contribution in [-0.2, 0) is 19.1 Å². The summed E-state index contributed by atoms with van der Waals surface area (Å²) in [4.78, 5) is 34.2. The van der Waals surface area contributed by atoms with Crippen LogP contribution in [0, 0.1) is 0 Å². The minimum Gasteiger partial charge on any atom is -0.466 e. The van der Waals surface area contributed by atoms with Crippen molar-refractivity contribution in [2.45, 2.75) is 6.92 Å². The summed E-state index contributed by atoms with van der Waals surface area (Å²) in [6.07, 6.45) is 2.48. The van der Waals surface area contributed by atoms with E-state index in [0.717, 1.165) is 6.08 Å². The first kappa shape index (κ1) is 13.7. The number of carbonyl (C=O) groups is 3. The lowest BCUT2D eigenvalue weighted by Gasteiger charge is -2.07. The van der Waals surface area contributed by atoms with Crippen LogP contribution in [-0.4, -0.2) is 36.6 Å². The molecule has 96 valence electrons. The Balaban J connectivity index is 3.31. The Morgan fingerprint density at radius 2 is 1.89 bits per heavy atom. The zero-order valence-electron chi connectivity index (χ0n) is 10.3. The summed E-state index contributed by atoms with van der Waals surface area (Å²) in [5.41, 5.74) is 0.240. The molecule has 0 atom stereocenters. The van der Waals surface area contributed by atoms with E-state index in [1.807, 2.05) is 0 Å². The maximum absolute atomic E-state index is 11.6. The molecule has 0 saturated heterocycles. The highest BCUT2D eigenvalue weighted by atomic mass is 16.5. The molecule has 0 spiro atoms. The second-order valence-corrected chi connectivity index (χ2v) is 3.36. The van der Waals surface area contributed by atoms with Gasteiger partial charge < -0.3 is 9.47 Å². The molecule has 0 unspecified atom stereocenters. The standard InChI is InChI=1S/C12H13NO5/c1-8(14)13-6-4-5-10(13)9(12(16)18-3)7-11(15)17-2/h4-7H,1-3H3. The minimum atomic E-state index is -0.721. The van der Waals surface area contributed by atoms with Crippen LogP contribution in [0.3, 0.4) is 0 Å². The summed E-state index contributed by atoms with van der Waals surface area (Å²) >= 11 is 0. The van der Waals surface area contributed by atoms with Gasteiger partial charge in [0.25, 0.3) is 0 Å². The molecular formula is C12H13NO5. The fraction of sp³-hybridized carbons (Fsp3) is 0.250. The molecule has 0 N–H and O–H groups in total. The van der Waals surface area contributed by atoms with Crippen molar-refractivity contribution in [1.29, 1.82) is 0 Å². The molecule has 0 aliphatic carbocycles. The summed E-state index contributed by atoms with van der Waals surface area (Å²) < 4.78 is 10.3. The summed E-state index contributed by atoms with van der Waals surface area (Å²) in [6.45, 7) is 1.34. The van der Waals surface area contributed by atoms with E-state index in [-0.39, 0.29) is 17.2 Å². The molecule has 0 aliphatic heterocycles. The monoisotopic (exact) mass is 251 g/mol. The first-order chi connectivity index (χ1) is 8.51. The number of aromatic nitrogens is 1. The third kappa shape index (κ3) is 2.85. The van der Waals surface area contributed by atoms with E-state index in [0.29, 0.717) is 0 Å². The number of methoxy groups -OCH3 is 2. The van der Waals surface area contributed by atoms with Crippen LogP contribution < -0.4 is 0 Å². The molecule has 1 heterocycles. The number of esters is 2. The molecule has 1 aromatic rings. The highest BCUT2D eigenvalue weighted by molar-refractivity contribution is 6.20. The van der Waals surface area contributed by atoms with Crippen molar-refractivity contribution >= 4 is 23.4 Å². The minimum absolute atomic E-state index is 0.0375. The normalized spacial score (nSPS) is 10.9. The van der Waals surface area contributed by atoms with Crippen molar-refractivity contribution in [1.82, 2.24) is 4.57 Å². The average Bonchev–Trinajstić information content (AvgIpc) is 2.83. The molecule has 6 nitrogen and oxygen atoms in total. The lowest BCUT2D eigenvalue weighted by atomic mass is 10.1. The van der Waals surface area contributed by atoms with Crippen LogP contribution in [0.25, 0.3) is 5.57 Å². The highest BCUT2D eigenvalue weighted by Crippen LogP contribution is 2.17. The van der Waals surface area contributed by atoms with Crippen LogP contribution >= 0.6 is 0 Å². The van der Waals surface area contributed by atoms with Gasteiger partial charge in [0.1, 0.15) is 0 Å². The van der Waals surface area contributed by atoms with Gasteiger partial charge >= 0.3 is 11.9 Å². The topological polar surface area (TPSA) is 74.6 Å². The fourth-order valence-corrected chi connectivity index (χ4v) is 1.40. The lowest BCUT2D eigenvalue weighted by Crippen LogP contribution is -2.14. The van der Waals surface area contributed by atoms with Gasteiger partial charge in [0, 0.05) is 19.2 Å². The van der Waals surface area contributed by atoms with Crippen LogP contribution in [0.1, 0.15) is 17.4 Å². The molecule has 0 aliphatic rings. The highest BCUT2D eigenvalue weighted by Gasteiger charge is 2.19. The SMILES string of the molecule is COC(=O)C=C(C(=O)OC)c1cccn1C(C)=O. The predicted octanol–water partition coefficient (Wildman–Crippen LogP) is 0.878. The number of nitrogens with zero attached hydrogens (tertiary/aromatic N) is 1. The molecule has 1 rings (SSSR count). The number of carbonyl (C=O) groups excluding carboxylic acids is 3. The number of rotatable bonds is 3. The van der Waals surface area contributed by atoms with E-state index in [1.54, 1.807) is 6.07 Å². The van der Waals surface area contributed by atoms with Gasteiger partial charge in [0.2, 0.25) is 5.91 Å². The van der Waals surface area contributed by atoms with Crippen LogP contribution in [0.5, 0.6) is 0 Å². The van der Waals surface area contributed by atoms with E-state index in [9.17, 15) is 14.4 Å². The van der Waals surface area contributed by atoms with Crippen molar-refractivity contribution < 1.29 is 23.9 Å². The Labute approximate surface area is 104 Å². The number of ether oxygens (including phenoxy) is 2. The number of hydrogen-bond donors (Lipinski definition) is 0. The first-order valence-electron chi connectivity index (χ1n) is 5.08. The van der Waals surface area contributed by atoms with Gasteiger partial charge in [-0.15, -0.1) is 0 Å². The van der Waals surface area contributed by atoms with Crippen LogP contribution in [0.15, 0.2) is 24.4 Å². The van der Waals surface area contributed by atoms with Gasteiger partial charge in [-0.3, -0.25) is 9.36 Å². The zero-order valence-corrected chi connectivity index (χ0v) is 10.3. The Bertz CT molecular complexity index is 512. The molecule has 0 aromatic carbocycles. The molecule has 6 heteroatoms. The lowest BCUT2D eigenvalue weighted by molar-refractivity contribution is -0.136. The smallest absolute Gasteiger partial charge is 0.340 e. The second kappa shape index (κ2) is 5.81. The summed E-state index contributed by atoms with van der Waals surface area (Å²) in [5, 5.41) is 0. The van der Waals surface area contributed by atoms with E-state index < -0.39 is 11.9 Å². The van der Waals surface area contributed by atoms with Crippen LogP contribution in [0.2, 0.25) is 0 Å². The number of hydrogen-bond acceptors (Lipinski definition) is 5. The fourth-order valence-electron chi connectivity index (χ4n) is 1.40. The van der Waals surface area contributed by atoms with Gasteiger partial charge in [-0.1, -0.05) is 0 Å². The van der Waals surface area contributed by atoms with Gasteiger partial charge in [-0.25, -0.2) is 9.59 Å². The zero-order chi connectivity index (χ0) is 13.7. The average molecular weight is 251 g/mol. The molecule has 0 bridgehead atoms. The van der Waals surface area contributed by atoms with Crippen molar-refractivity contribution in [2.75, 3.05) is 14.2 Å². The maximum atomic E-state index is 11.6. The Morgan fingerprint density at radius 1 is 1.22 bits per heavy atom. The summed E-state index contributed by atoms with van der Waals surface area (Å²) in [7, 11) is 2.38.